The fraction of sp³-hybridized carbons (Fsp3) is 0.304. The van der Waals surface area contributed by atoms with Gasteiger partial charge in [-0.2, -0.15) is 0 Å². The number of anilines is 1. The first kappa shape index (κ1) is 21.1. The highest BCUT2D eigenvalue weighted by atomic mass is 32.1. The fourth-order valence-corrected chi connectivity index (χ4v) is 4.29. The Hall–Kier alpha value is -3.10. The number of para-hydroxylation sites is 1. The molecule has 1 N–H and O–H groups in total. The summed E-state index contributed by atoms with van der Waals surface area (Å²) in [6, 6.07) is 8.83. The second-order valence-electron chi connectivity index (χ2n) is 7.61. The van der Waals surface area contributed by atoms with E-state index in [0.29, 0.717) is 29.9 Å². The summed E-state index contributed by atoms with van der Waals surface area (Å²) in [4.78, 5) is 38.6. The average molecular weight is 436 g/mol. The number of carbonyl (C=O) groups is 2. The molecule has 1 saturated heterocycles. The van der Waals surface area contributed by atoms with Gasteiger partial charge < -0.3 is 10.2 Å². The molecular weight excluding hydrogens is 410 g/mol. The predicted octanol–water partition coefficient (Wildman–Crippen LogP) is 3.37. The van der Waals surface area contributed by atoms with Crippen molar-refractivity contribution in [2.45, 2.75) is 20.4 Å². The van der Waals surface area contributed by atoms with Gasteiger partial charge in [-0.15, -0.1) is 11.3 Å². The number of piperazine rings is 1. The van der Waals surface area contributed by atoms with Crippen molar-refractivity contribution in [1.82, 2.24) is 19.8 Å². The number of hydrogen-bond acceptors (Lipinski definition) is 6. The van der Waals surface area contributed by atoms with Crippen LogP contribution in [0.3, 0.4) is 0 Å². The molecule has 1 aliphatic heterocycles. The summed E-state index contributed by atoms with van der Waals surface area (Å²) in [6.07, 6.45) is 3.15. The molecule has 0 radical (unpaired) electrons. The molecule has 0 unspecified atom stereocenters. The summed E-state index contributed by atoms with van der Waals surface area (Å²) in [5, 5.41) is 6.10. The predicted molar refractivity (Wildman–Crippen MR) is 121 cm³/mol. The number of carbonyl (C=O) groups excluding carboxylic acids is 2. The SMILES string of the molecule is Cc1nc(CN2CCN(C(=O)c3cccc(C)c3NC(=O)c3ccncc3)CC2)cs1. The largest absolute Gasteiger partial charge is 0.336 e. The van der Waals surface area contributed by atoms with Crippen molar-refractivity contribution in [2.75, 3.05) is 31.5 Å². The van der Waals surface area contributed by atoms with Crippen LogP contribution in [0.25, 0.3) is 0 Å². The number of nitrogens with one attached hydrogen (secondary N) is 1. The maximum atomic E-state index is 13.3. The van der Waals surface area contributed by atoms with Gasteiger partial charge in [-0.05, 0) is 37.6 Å². The van der Waals surface area contributed by atoms with E-state index in [-0.39, 0.29) is 11.8 Å². The van der Waals surface area contributed by atoms with E-state index < -0.39 is 0 Å². The van der Waals surface area contributed by atoms with E-state index in [9.17, 15) is 9.59 Å². The average Bonchev–Trinajstić information content (AvgIpc) is 3.20. The minimum Gasteiger partial charge on any atom is -0.336 e. The maximum absolute atomic E-state index is 13.3. The van der Waals surface area contributed by atoms with Gasteiger partial charge in [-0.3, -0.25) is 19.5 Å². The van der Waals surface area contributed by atoms with Crippen LogP contribution < -0.4 is 5.32 Å². The van der Waals surface area contributed by atoms with Gasteiger partial charge in [0.25, 0.3) is 11.8 Å². The summed E-state index contributed by atoms with van der Waals surface area (Å²) in [5.74, 6) is -0.313. The lowest BCUT2D eigenvalue weighted by atomic mass is 10.1. The van der Waals surface area contributed by atoms with Crippen molar-refractivity contribution in [1.29, 1.82) is 0 Å². The minimum absolute atomic E-state index is 0.0575. The molecule has 1 aliphatic rings. The topological polar surface area (TPSA) is 78.4 Å². The molecule has 7 nitrogen and oxygen atoms in total. The number of rotatable bonds is 5. The molecule has 4 rings (SSSR count). The van der Waals surface area contributed by atoms with Crippen molar-refractivity contribution >= 4 is 28.8 Å². The normalized spacial score (nSPS) is 14.5. The van der Waals surface area contributed by atoms with Gasteiger partial charge in [0.2, 0.25) is 0 Å². The van der Waals surface area contributed by atoms with Crippen LogP contribution in [0, 0.1) is 13.8 Å². The van der Waals surface area contributed by atoms with Gasteiger partial charge >= 0.3 is 0 Å². The standard InChI is InChI=1S/C23H25N5O2S/c1-16-4-3-5-20(21(16)26-22(29)18-6-8-24-9-7-18)23(30)28-12-10-27(11-13-28)14-19-15-31-17(2)25-19/h3-9,15H,10-14H2,1-2H3,(H,26,29). The van der Waals surface area contributed by atoms with Crippen molar-refractivity contribution < 1.29 is 9.59 Å². The summed E-state index contributed by atoms with van der Waals surface area (Å²) in [7, 11) is 0. The fourth-order valence-electron chi connectivity index (χ4n) is 3.69. The third-order valence-corrected chi connectivity index (χ3v) is 6.22. The Balaban J connectivity index is 1.44. The highest BCUT2D eigenvalue weighted by Gasteiger charge is 2.25. The molecule has 1 aromatic carbocycles. The molecule has 160 valence electrons. The van der Waals surface area contributed by atoms with E-state index in [1.165, 1.54) is 0 Å². The first-order chi connectivity index (χ1) is 15.0. The zero-order valence-corrected chi connectivity index (χ0v) is 18.5. The Morgan fingerprint density at radius 3 is 2.48 bits per heavy atom. The molecule has 0 aliphatic carbocycles. The van der Waals surface area contributed by atoms with Crippen LogP contribution in [0.2, 0.25) is 0 Å². The van der Waals surface area contributed by atoms with Crippen molar-refractivity contribution in [3.05, 3.63) is 75.5 Å². The summed E-state index contributed by atoms with van der Waals surface area (Å²) in [6.45, 7) is 7.61. The Morgan fingerprint density at radius 1 is 1.06 bits per heavy atom. The third kappa shape index (κ3) is 4.98. The number of thiazole rings is 1. The van der Waals surface area contributed by atoms with Crippen LogP contribution in [-0.2, 0) is 6.54 Å². The second-order valence-corrected chi connectivity index (χ2v) is 8.68. The molecule has 2 aromatic heterocycles. The van der Waals surface area contributed by atoms with Crippen molar-refractivity contribution in [3.8, 4) is 0 Å². The molecule has 0 atom stereocenters. The van der Waals surface area contributed by atoms with Crippen LogP contribution in [0.15, 0.2) is 48.1 Å². The van der Waals surface area contributed by atoms with Crippen LogP contribution in [-0.4, -0.2) is 57.8 Å². The zero-order valence-electron chi connectivity index (χ0n) is 17.7. The number of aryl methyl sites for hydroxylation is 2. The molecule has 3 aromatic rings. The lowest BCUT2D eigenvalue weighted by molar-refractivity contribution is 0.0628. The lowest BCUT2D eigenvalue weighted by Gasteiger charge is -2.34. The molecule has 0 saturated carbocycles. The molecule has 2 amide bonds. The monoisotopic (exact) mass is 435 g/mol. The number of aromatic nitrogens is 2. The van der Waals surface area contributed by atoms with Crippen LogP contribution in [0.5, 0.6) is 0 Å². The van der Waals surface area contributed by atoms with E-state index in [4.69, 9.17) is 0 Å². The van der Waals surface area contributed by atoms with Gasteiger partial charge in [0, 0.05) is 56.1 Å². The van der Waals surface area contributed by atoms with Gasteiger partial charge in [0.05, 0.1) is 22.0 Å². The van der Waals surface area contributed by atoms with Gasteiger partial charge in [-0.25, -0.2) is 4.98 Å². The minimum atomic E-state index is -0.255. The highest BCUT2D eigenvalue weighted by Crippen LogP contribution is 2.24. The van der Waals surface area contributed by atoms with Crippen LogP contribution in [0.1, 0.15) is 37.0 Å². The van der Waals surface area contributed by atoms with Gasteiger partial charge in [0.1, 0.15) is 0 Å². The first-order valence-electron chi connectivity index (χ1n) is 10.2. The molecular formula is C23H25N5O2S. The zero-order chi connectivity index (χ0) is 21.8. The van der Waals surface area contributed by atoms with Crippen LogP contribution >= 0.6 is 11.3 Å². The third-order valence-electron chi connectivity index (χ3n) is 5.40. The molecule has 0 bridgehead atoms. The maximum Gasteiger partial charge on any atom is 0.256 e. The molecule has 1 fully saturated rings. The van der Waals surface area contributed by atoms with E-state index in [1.807, 2.05) is 30.9 Å². The Morgan fingerprint density at radius 2 is 1.81 bits per heavy atom. The summed E-state index contributed by atoms with van der Waals surface area (Å²) >= 11 is 1.66. The summed E-state index contributed by atoms with van der Waals surface area (Å²) < 4.78 is 0. The Labute approximate surface area is 185 Å². The van der Waals surface area contributed by atoms with Crippen molar-refractivity contribution in [2.24, 2.45) is 0 Å². The molecule has 8 heteroatoms. The molecule has 0 spiro atoms. The summed E-state index contributed by atoms with van der Waals surface area (Å²) in [5.41, 5.74) is 3.52. The van der Waals surface area contributed by atoms with Gasteiger partial charge in [-0.1, -0.05) is 12.1 Å². The highest BCUT2D eigenvalue weighted by molar-refractivity contribution is 7.09. The smallest absolute Gasteiger partial charge is 0.256 e. The number of pyridine rings is 1. The lowest BCUT2D eigenvalue weighted by Crippen LogP contribution is -2.48. The number of amides is 2. The number of nitrogens with zero attached hydrogens (tertiary/aromatic N) is 4. The molecule has 31 heavy (non-hydrogen) atoms. The molecule has 3 heterocycles. The second kappa shape index (κ2) is 9.36. The number of benzene rings is 1. The first-order valence-corrected chi connectivity index (χ1v) is 11.1. The van der Waals surface area contributed by atoms with E-state index >= 15 is 0 Å². The number of hydrogen-bond donors (Lipinski definition) is 1. The van der Waals surface area contributed by atoms with E-state index in [1.54, 1.807) is 41.9 Å². The Kier molecular flexibility index (Phi) is 6.39. The van der Waals surface area contributed by atoms with Crippen molar-refractivity contribution in [3.63, 3.8) is 0 Å². The van der Waals surface area contributed by atoms with E-state index in [2.05, 4.69) is 25.6 Å². The Bertz CT molecular complexity index is 1070. The van der Waals surface area contributed by atoms with Crippen LogP contribution in [0.4, 0.5) is 5.69 Å². The van der Waals surface area contributed by atoms with E-state index in [0.717, 1.165) is 35.9 Å². The quantitative estimate of drug-likeness (QED) is 0.665. The van der Waals surface area contributed by atoms with Gasteiger partial charge in [0.15, 0.2) is 0 Å².